The molecule has 1 aromatic heterocycles. The molecule has 1 unspecified atom stereocenters. The molecule has 1 aromatic rings. The molecule has 2 aliphatic heterocycles. The maximum atomic E-state index is 12.8. The first kappa shape index (κ1) is 24.1. The maximum absolute atomic E-state index is 12.8. The van der Waals surface area contributed by atoms with Gasteiger partial charge >= 0.3 is 0 Å². The van der Waals surface area contributed by atoms with Gasteiger partial charge in [-0.05, 0) is 49.8 Å². The predicted octanol–water partition coefficient (Wildman–Crippen LogP) is 3.15. The summed E-state index contributed by atoms with van der Waals surface area (Å²) in [5, 5.41) is 6.94. The minimum absolute atomic E-state index is 0. The summed E-state index contributed by atoms with van der Waals surface area (Å²) in [5.41, 5.74) is 1.20. The minimum atomic E-state index is 0. The topological polar surface area (TPSA) is 72.9 Å². The van der Waals surface area contributed by atoms with Crippen molar-refractivity contribution in [2.75, 3.05) is 38.1 Å². The molecule has 2 N–H and O–H groups in total. The molecule has 3 heterocycles. The van der Waals surface area contributed by atoms with Gasteiger partial charge < -0.3 is 20.4 Å². The van der Waals surface area contributed by atoms with Crippen LogP contribution in [0.4, 0.5) is 5.82 Å². The number of pyridine rings is 1. The lowest BCUT2D eigenvalue weighted by molar-refractivity contribution is -0.135. The van der Waals surface area contributed by atoms with E-state index in [0.717, 1.165) is 57.2 Å². The van der Waals surface area contributed by atoms with Crippen molar-refractivity contribution in [1.29, 1.82) is 0 Å². The van der Waals surface area contributed by atoms with Gasteiger partial charge in [-0.3, -0.25) is 9.79 Å². The minimum Gasteiger partial charge on any atom is -0.357 e. The first-order valence-corrected chi connectivity index (χ1v) is 11.7. The summed E-state index contributed by atoms with van der Waals surface area (Å²) >= 11 is 0. The summed E-state index contributed by atoms with van der Waals surface area (Å²) in [6.07, 6.45) is 11.2. The summed E-state index contributed by atoms with van der Waals surface area (Å²) in [6.45, 7) is 4.55. The highest BCUT2D eigenvalue weighted by Gasteiger charge is 2.31. The van der Waals surface area contributed by atoms with E-state index in [2.05, 4.69) is 42.5 Å². The molecule has 0 radical (unpaired) electrons. The second kappa shape index (κ2) is 11.9. The standard InChI is InChI=1S/C23H36N6O.HI/c1-24-23(26-16-18-9-11-25-21(15-18)28-12-5-6-13-28)27-20-10-14-29(17-20)22(30)19-7-3-2-4-8-19;/h9,11,15,19-20H,2-8,10,12-14,16-17H2,1H3,(H2,24,26,27);1H. The number of nitrogens with one attached hydrogen (secondary N) is 2. The average molecular weight is 540 g/mol. The number of guanidine groups is 1. The molecule has 172 valence electrons. The first-order chi connectivity index (χ1) is 14.7. The van der Waals surface area contributed by atoms with Crippen molar-refractivity contribution in [2.45, 2.75) is 64.0 Å². The maximum Gasteiger partial charge on any atom is 0.225 e. The van der Waals surface area contributed by atoms with Gasteiger partial charge in [-0.25, -0.2) is 4.98 Å². The number of hydrogen-bond donors (Lipinski definition) is 2. The van der Waals surface area contributed by atoms with Crippen molar-refractivity contribution in [3.8, 4) is 0 Å². The van der Waals surface area contributed by atoms with Gasteiger partial charge in [0, 0.05) is 57.9 Å². The second-order valence-electron chi connectivity index (χ2n) is 8.89. The van der Waals surface area contributed by atoms with Crippen LogP contribution < -0.4 is 15.5 Å². The number of aliphatic imine (C=N–C) groups is 1. The summed E-state index contributed by atoms with van der Waals surface area (Å²) in [4.78, 5) is 26.1. The Hall–Kier alpha value is -1.58. The van der Waals surface area contributed by atoms with E-state index in [4.69, 9.17) is 0 Å². The Morgan fingerprint density at radius 1 is 1.13 bits per heavy atom. The van der Waals surface area contributed by atoms with Crippen LogP contribution in [0.15, 0.2) is 23.3 Å². The third-order valence-electron chi connectivity index (χ3n) is 6.72. The van der Waals surface area contributed by atoms with Crippen molar-refractivity contribution >= 4 is 41.7 Å². The molecular formula is C23H37IN6O. The van der Waals surface area contributed by atoms with Crippen molar-refractivity contribution in [3.05, 3.63) is 23.9 Å². The number of likely N-dealkylation sites (tertiary alicyclic amines) is 1. The fraction of sp³-hybridized carbons (Fsp3) is 0.696. The summed E-state index contributed by atoms with van der Waals surface area (Å²) in [5.74, 6) is 2.49. The lowest BCUT2D eigenvalue weighted by Gasteiger charge is -2.26. The van der Waals surface area contributed by atoms with Crippen LogP contribution in [0.2, 0.25) is 0 Å². The Balaban J connectivity index is 0.00000272. The number of halogens is 1. The van der Waals surface area contributed by atoms with Crippen molar-refractivity contribution in [1.82, 2.24) is 20.5 Å². The highest BCUT2D eigenvalue weighted by Crippen LogP contribution is 2.26. The molecule has 3 aliphatic rings. The van der Waals surface area contributed by atoms with Crippen LogP contribution in [0.3, 0.4) is 0 Å². The molecule has 1 saturated carbocycles. The fourth-order valence-electron chi connectivity index (χ4n) is 4.95. The summed E-state index contributed by atoms with van der Waals surface area (Å²) in [6, 6.07) is 4.49. The molecule has 7 nitrogen and oxygen atoms in total. The number of rotatable bonds is 5. The number of hydrogen-bond acceptors (Lipinski definition) is 4. The van der Waals surface area contributed by atoms with Crippen LogP contribution in [0.5, 0.6) is 0 Å². The van der Waals surface area contributed by atoms with Crippen molar-refractivity contribution < 1.29 is 4.79 Å². The van der Waals surface area contributed by atoms with Crippen LogP contribution in [-0.2, 0) is 11.3 Å². The van der Waals surface area contributed by atoms with Gasteiger partial charge in [-0.1, -0.05) is 19.3 Å². The zero-order valence-electron chi connectivity index (χ0n) is 18.7. The fourth-order valence-corrected chi connectivity index (χ4v) is 4.95. The molecule has 31 heavy (non-hydrogen) atoms. The van der Waals surface area contributed by atoms with Crippen LogP contribution >= 0.6 is 24.0 Å². The van der Waals surface area contributed by atoms with E-state index in [1.54, 1.807) is 7.05 Å². The highest BCUT2D eigenvalue weighted by atomic mass is 127. The molecule has 4 rings (SSSR count). The quantitative estimate of drug-likeness (QED) is 0.341. The lowest BCUT2D eigenvalue weighted by atomic mass is 9.88. The third kappa shape index (κ3) is 6.46. The SMILES string of the molecule is CN=C(NCc1ccnc(N2CCCC2)c1)NC1CCN(C(=O)C2CCCCC2)C1.I. The Morgan fingerprint density at radius 2 is 1.90 bits per heavy atom. The first-order valence-electron chi connectivity index (χ1n) is 11.7. The van der Waals surface area contributed by atoms with Gasteiger partial charge in [0.1, 0.15) is 5.82 Å². The number of amides is 1. The normalized spacial score (nSPS) is 22.4. The van der Waals surface area contributed by atoms with E-state index < -0.39 is 0 Å². The third-order valence-corrected chi connectivity index (χ3v) is 6.72. The Morgan fingerprint density at radius 3 is 2.65 bits per heavy atom. The largest absolute Gasteiger partial charge is 0.357 e. The molecule has 0 spiro atoms. The van der Waals surface area contributed by atoms with Crippen LogP contribution in [0.1, 0.15) is 56.9 Å². The van der Waals surface area contributed by atoms with Gasteiger partial charge in [-0.2, -0.15) is 0 Å². The Bertz CT molecular complexity index is 745. The summed E-state index contributed by atoms with van der Waals surface area (Å²) < 4.78 is 0. The second-order valence-corrected chi connectivity index (χ2v) is 8.89. The van der Waals surface area contributed by atoms with Crippen molar-refractivity contribution in [2.24, 2.45) is 10.9 Å². The highest BCUT2D eigenvalue weighted by molar-refractivity contribution is 14.0. The molecule has 1 aliphatic carbocycles. The Kier molecular flexibility index (Phi) is 9.22. The van der Waals surface area contributed by atoms with E-state index >= 15 is 0 Å². The smallest absolute Gasteiger partial charge is 0.225 e. The molecule has 3 fully saturated rings. The molecule has 1 amide bonds. The number of carbonyl (C=O) groups excluding carboxylic acids is 1. The van der Waals surface area contributed by atoms with Gasteiger partial charge in [0.2, 0.25) is 5.91 Å². The molecule has 8 heteroatoms. The Labute approximate surface area is 203 Å². The number of anilines is 1. The van der Waals surface area contributed by atoms with Gasteiger partial charge in [0.15, 0.2) is 5.96 Å². The van der Waals surface area contributed by atoms with Crippen LogP contribution in [-0.4, -0.2) is 61.0 Å². The van der Waals surface area contributed by atoms with E-state index in [9.17, 15) is 4.79 Å². The van der Waals surface area contributed by atoms with Crippen LogP contribution in [0.25, 0.3) is 0 Å². The van der Waals surface area contributed by atoms with E-state index in [1.807, 2.05) is 6.20 Å². The van der Waals surface area contributed by atoms with Crippen LogP contribution in [0, 0.1) is 5.92 Å². The zero-order chi connectivity index (χ0) is 20.8. The number of nitrogens with zero attached hydrogens (tertiary/aromatic N) is 4. The molecule has 0 bridgehead atoms. The predicted molar refractivity (Wildman–Crippen MR) is 136 cm³/mol. The molecule has 0 aromatic carbocycles. The monoisotopic (exact) mass is 540 g/mol. The van der Waals surface area contributed by atoms with Crippen molar-refractivity contribution in [3.63, 3.8) is 0 Å². The number of carbonyl (C=O) groups is 1. The molecule has 2 saturated heterocycles. The van der Waals surface area contributed by atoms with Gasteiger partial charge in [0.05, 0.1) is 0 Å². The van der Waals surface area contributed by atoms with E-state index in [1.165, 1.54) is 37.7 Å². The average Bonchev–Trinajstić information content (AvgIpc) is 3.49. The molecular weight excluding hydrogens is 503 g/mol. The van der Waals surface area contributed by atoms with E-state index in [-0.39, 0.29) is 35.9 Å². The zero-order valence-corrected chi connectivity index (χ0v) is 21.0. The number of aromatic nitrogens is 1. The van der Waals surface area contributed by atoms with Gasteiger partial charge in [0.25, 0.3) is 0 Å². The summed E-state index contributed by atoms with van der Waals surface area (Å²) in [7, 11) is 1.80. The lowest BCUT2D eigenvalue weighted by Crippen LogP contribution is -2.45. The van der Waals surface area contributed by atoms with Gasteiger partial charge in [-0.15, -0.1) is 24.0 Å². The molecule has 1 atom stereocenters. The van der Waals surface area contributed by atoms with E-state index in [0.29, 0.717) is 12.5 Å².